The topological polar surface area (TPSA) is 62.3 Å². The number of hydrogen-bond acceptors (Lipinski definition) is 4. The number of alkyl halides is 4. The van der Waals surface area contributed by atoms with Gasteiger partial charge in [-0.3, -0.25) is 0 Å². The van der Waals surface area contributed by atoms with E-state index < -0.39 is 19.6 Å². The van der Waals surface area contributed by atoms with Gasteiger partial charge in [0.1, 0.15) is 11.5 Å². The van der Waals surface area contributed by atoms with Gasteiger partial charge < -0.3 is 5.32 Å². The lowest BCUT2D eigenvalue weighted by molar-refractivity contribution is 0.128. The van der Waals surface area contributed by atoms with Crippen LogP contribution in [0.5, 0.6) is 0 Å². The van der Waals surface area contributed by atoms with E-state index in [1.54, 1.807) is 48.7 Å². The lowest BCUT2D eigenvalue weighted by atomic mass is 9.98. The van der Waals surface area contributed by atoms with E-state index in [4.69, 9.17) is 0 Å². The average molecular weight is 644 g/mol. The standard InChI is InChI=1S/C27H29F3IN3O2S/c1-26(2,28)23-9-5-6-10-24(23)37(35,36)34-15-13-19(14-16-34)17-32-25-12-11-20(18-33-25)21-7-3-4-8-22(21)27(29,30)31/h3-12,18-19H,13-17H2,1-2H3,(H,32,33). The number of rotatable bonds is 8. The van der Waals surface area contributed by atoms with Crippen molar-refractivity contribution in [1.82, 2.24) is 9.29 Å². The molecule has 2 heterocycles. The van der Waals surface area contributed by atoms with Gasteiger partial charge in [-0.05, 0) is 56.4 Å². The first-order valence-corrected chi connectivity index (χ1v) is 14.5. The van der Waals surface area contributed by atoms with Crippen LogP contribution in [0.2, 0.25) is 0 Å². The largest absolute Gasteiger partial charge is 0.370 e. The van der Waals surface area contributed by atoms with Crippen LogP contribution in [0.4, 0.5) is 19.0 Å². The molecule has 0 aliphatic carbocycles. The maximum Gasteiger partial charge on any atom is 0.322 e. The normalized spacial score (nSPS) is 16.1. The number of piperidine rings is 1. The van der Waals surface area contributed by atoms with Gasteiger partial charge in [-0.1, -0.05) is 42.5 Å². The van der Waals surface area contributed by atoms with Crippen LogP contribution in [0.1, 0.15) is 37.8 Å². The van der Waals surface area contributed by atoms with E-state index in [-0.39, 0.29) is 21.9 Å². The maximum absolute atomic E-state index is 14.7. The fraction of sp³-hybridized carbons (Fsp3) is 0.370. The van der Waals surface area contributed by atoms with Crippen molar-refractivity contribution in [2.24, 2.45) is 5.92 Å². The molecule has 1 aromatic heterocycles. The second kappa shape index (κ2) is 10.9. The number of halogens is 4. The number of nitrogens with one attached hydrogen (secondary N) is 1. The van der Waals surface area contributed by atoms with E-state index in [9.17, 15) is 21.6 Å². The molecule has 0 spiro atoms. The highest BCUT2D eigenvalue weighted by molar-refractivity contribution is 14.1. The molecule has 5 nitrogen and oxygen atoms in total. The van der Waals surface area contributed by atoms with Gasteiger partial charge in [0.25, 0.3) is 0 Å². The van der Waals surface area contributed by atoms with Crippen LogP contribution in [-0.4, -0.2) is 37.3 Å². The Balaban J connectivity index is 1.36. The fourth-order valence-electron chi connectivity index (χ4n) is 4.56. The number of anilines is 1. The highest BCUT2D eigenvalue weighted by atomic mass is 127. The van der Waals surface area contributed by atoms with E-state index in [2.05, 4.69) is 10.3 Å². The van der Waals surface area contributed by atoms with Crippen molar-refractivity contribution in [2.75, 3.05) is 25.0 Å². The van der Waals surface area contributed by atoms with Crippen LogP contribution < -0.4 is 5.32 Å². The van der Waals surface area contributed by atoms with E-state index in [1.165, 1.54) is 36.4 Å². The number of sulfonamides is 1. The van der Waals surface area contributed by atoms with Crippen LogP contribution >= 0.6 is 22.6 Å². The van der Waals surface area contributed by atoms with Crippen LogP contribution in [0.15, 0.2) is 71.8 Å². The third kappa shape index (κ3) is 6.46. The average Bonchev–Trinajstić information content (AvgIpc) is 2.87. The Labute approximate surface area is 229 Å². The van der Waals surface area contributed by atoms with Gasteiger partial charge in [0, 0.05) is 65.1 Å². The summed E-state index contributed by atoms with van der Waals surface area (Å²) in [5, 5.41) is 3.27. The van der Waals surface area contributed by atoms with Gasteiger partial charge >= 0.3 is 3.93 Å². The molecule has 198 valence electrons. The van der Waals surface area contributed by atoms with E-state index >= 15 is 0 Å². The predicted molar refractivity (Wildman–Crippen MR) is 148 cm³/mol. The Bertz CT molecular complexity index is 1330. The van der Waals surface area contributed by atoms with E-state index in [0.717, 1.165) is 22.6 Å². The van der Waals surface area contributed by atoms with Crippen LogP contribution in [0.3, 0.4) is 0 Å². The first-order valence-electron chi connectivity index (χ1n) is 12.0. The summed E-state index contributed by atoms with van der Waals surface area (Å²) >= 11 is 1.13. The lowest BCUT2D eigenvalue weighted by Crippen LogP contribution is -2.40. The van der Waals surface area contributed by atoms with Crippen LogP contribution in [0, 0.1) is 5.92 Å². The molecular weight excluding hydrogens is 614 g/mol. The minimum Gasteiger partial charge on any atom is -0.370 e. The van der Waals surface area contributed by atoms with Crippen LogP contribution in [-0.2, 0) is 19.6 Å². The third-order valence-electron chi connectivity index (χ3n) is 6.60. The molecule has 1 N–H and O–H groups in total. The van der Waals surface area contributed by atoms with Gasteiger partial charge in [-0.2, -0.15) is 13.1 Å². The van der Waals surface area contributed by atoms with Crippen molar-refractivity contribution in [1.29, 1.82) is 0 Å². The number of benzene rings is 2. The number of aromatic nitrogens is 1. The van der Waals surface area contributed by atoms with E-state index in [1.807, 2.05) is 0 Å². The summed E-state index contributed by atoms with van der Waals surface area (Å²) in [6, 6.07) is 16.1. The molecule has 1 aliphatic heterocycles. The Morgan fingerprint density at radius 1 is 0.973 bits per heavy atom. The van der Waals surface area contributed by atoms with Crippen molar-refractivity contribution in [3.8, 4) is 11.1 Å². The molecule has 3 aromatic rings. The molecule has 10 heteroatoms. The Kier molecular flexibility index (Phi) is 8.20. The predicted octanol–water partition coefficient (Wildman–Crippen LogP) is 6.95. The fourth-order valence-corrected chi connectivity index (χ4v) is 6.84. The molecule has 37 heavy (non-hydrogen) atoms. The molecule has 0 radical (unpaired) electrons. The minimum absolute atomic E-state index is 0.0188. The molecule has 1 fully saturated rings. The Hall–Kier alpha value is -2.18. The van der Waals surface area contributed by atoms with Gasteiger partial charge in [0.05, 0.1) is 4.90 Å². The SMILES string of the molecule is CC(C)(F)c1ccccc1S(=O)(=O)N1CCC(CNc2ccc(-c3ccccc3C(F)(F)I)cn2)CC1. The molecule has 1 aliphatic rings. The summed E-state index contributed by atoms with van der Waals surface area (Å²) in [4.78, 5) is 4.41. The van der Waals surface area contributed by atoms with Crippen molar-refractivity contribution in [3.05, 3.63) is 78.0 Å². The Morgan fingerprint density at radius 3 is 2.19 bits per heavy atom. The molecule has 2 aromatic carbocycles. The molecule has 0 amide bonds. The summed E-state index contributed by atoms with van der Waals surface area (Å²) in [5.41, 5.74) is -0.622. The quantitative estimate of drug-likeness (QED) is 0.213. The van der Waals surface area contributed by atoms with Crippen LogP contribution in [0.25, 0.3) is 11.1 Å². The molecule has 0 saturated carbocycles. The van der Waals surface area contributed by atoms with E-state index in [0.29, 0.717) is 49.4 Å². The molecule has 0 bridgehead atoms. The molecular formula is C27H29F3IN3O2S. The monoisotopic (exact) mass is 643 g/mol. The summed E-state index contributed by atoms with van der Waals surface area (Å²) in [7, 11) is -3.80. The third-order valence-corrected chi connectivity index (χ3v) is 9.14. The second-order valence-corrected chi connectivity index (χ2v) is 12.9. The summed E-state index contributed by atoms with van der Waals surface area (Å²) in [5.74, 6) is 0.857. The zero-order valence-electron chi connectivity index (χ0n) is 20.6. The first kappa shape index (κ1) is 27.8. The smallest absolute Gasteiger partial charge is 0.322 e. The molecule has 0 unspecified atom stereocenters. The van der Waals surface area contributed by atoms with Crippen molar-refractivity contribution >= 4 is 38.4 Å². The Morgan fingerprint density at radius 2 is 1.59 bits per heavy atom. The lowest BCUT2D eigenvalue weighted by Gasteiger charge is -2.32. The number of hydrogen-bond donors (Lipinski definition) is 1. The number of nitrogens with zero attached hydrogens (tertiary/aromatic N) is 2. The van der Waals surface area contributed by atoms with Gasteiger partial charge in [0.2, 0.25) is 10.0 Å². The van der Waals surface area contributed by atoms with Crippen molar-refractivity contribution in [2.45, 2.75) is 41.2 Å². The minimum atomic E-state index is -3.80. The van der Waals surface area contributed by atoms with Crippen molar-refractivity contribution in [3.63, 3.8) is 0 Å². The maximum atomic E-state index is 14.7. The summed E-state index contributed by atoms with van der Waals surface area (Å²) in [6.07, 6.45) is 2.88. The first-order chi connectivity index (χ1) is 17.4. The zero-order chi connectivity index (χ0) is 26.8. The summed E-state index contributed by atoms with van der Waals surface area (Å²) < 4.78 is 67.6. The summed E-state index contributed by atoms with van der Waals surface area (Å²) in [6.45, 7) is 4.03. The van der Waals surface area contributed by atoms with Gasteiger partial charge in [-0.15, -0.1) is 0 Å². The zero-order valence-corrected chi connectivity index (χ0v) is 23.6. The molecule has 0 atom stereocenters. The highest BCUT2D eigenvalue weighted by Crippen LogP contribution is 2.41. The highest BCUT2D eigenvalue weighted by Gasteiger charge is 2.34. The second-order valence-electron chi connectivity index (χ2n) is 9.67. The van der Waals surface area contributed by atoms with Crippen molar-refractivity contribution < 1.29 is 21.6 Å². The molecule has 4 rings (SSSR count). The number of pyridine rings is 1. The molecule has 1 saturated heterocycles. The van der Waals surface area contributed by atoms with Gasteiger partial charge in [-0.25, -0.2) is 17.8 Å². The van der Waals surface area contributed by atoms with Gasteiger partial charge in [0.15, 0.2) is 0 Å².